The van der Waals surface area contributed by atoms with Crippen LogP contribution in [0.25, 0.3) is 0 Å². The average Bonchev–Trinajstić information content (AvgIpc) is 3.30. The molecule has 1 aromatic carbocycles. The molecule has 1 saturated heterocycles. The first kappa shape index (κ1) is 37.6. The molecule has 2 atom stereocenters. The fourth-order valence-electron chi connectivity index (χ4n) is 5.28. The lowest BCUT2D eigenvalue weighted by molar-refractivity contribution is 0.0251. The third-order valence-electron chi connectivity index (χ3n) is 7.17. The van der Waals surface area contributed by atoms with Gasteiger partial charge in [0.15, 0.2) is 0 Å². The van der Waals surface area contributed by atoms with Gasteiger partial charge in [-0.3, -0.25) is 5.32 Å². The molecule has 2 aromatic rings. The Kier molecular flexibility index (Phi) is 12.7. The van der Waals surface area contributed by atoms with Crippen LogP contribution in [0.5, 0.6) is 0 Å². The first-order chi connectivity index (χ1) is 21.8. The molecule has 1 fully saturated rings. The van der Waals surface area contributed by atoms with Gasteiger partial charge in [-0.2, -0.15) is 0 Å². The lowest BCUT2D eigenvalue weighted by Crippen LogP contribution is -2.45. The van der Waals surface area contributed by atoms with Crippen LogP contribution in [-0.4, -0.2) is 88.6 Å². The summed E-state index contributed by atoms with van der Waals surface area (Å²) in [5, 5.41) is 6.36. The summed E-state index contributed by atoms with van der Waals surface area (Å²) < 4.78 is 16.8. The highest BCUT2D eigenvalue weighted by molar-refractivity contribution is 5.83. The number of hydrogen-bond acceptors (Lipinski definition) is 8. The minimum Gasteiger partial charge on any atom is -0.444 e. The van der Waals surface area contributed by atoms with E-state index in [0.717, 1.165) is 16.8 Å². The highest BCUT2D eigenvalue weighted by Gasteiger charge is 2.37. The summed E-state index contributed by atoms with van der Waals surface area (Å²) in [6.45, 7) is 20.9. The number of likely N-dealkylation sites (tertiary alicyclic amines) is 1. The van der Waals surface area contributed by atoms with E-state index in [2.05, 4.69) is 10.6 Å². The summed E-state index contributed by atoms with van der Waals surface area (Å²) in [6.07, 6.45) is -0.0279. The van der Waals surface area contributed by atoms with Gasteiger partial charge < -0.3 is 29.3 Å². The molecule has 0 saturated carbocycles. The van der Waals surface area contributed by atoms with E-state index in [1.807, 2.05) is 84.9 Å². The van der Waals surface area contributed by atoms with Crippen molar-refractivity contribution in [2.75, 3.05) is 38.0 Å². The number of anilines is 1. The van der Waals surface area contributed by atoms with Crippen LogP contribution in [0.4, 0.5) is 20.2 Å². The third kappa shape index (κ3) is 13.8. The standard InChI is InChI=1S/C36H55N5O6/c1-25-20-28(38-30(21-25)39-31(42)45-34(2,3)4)22-27-23-41(33(44)47-36(8,9)10)24-29(27)37-17-19-40(32(43)46-35(5,6)7)18-16-26-14-12-11-13-15-26/h11-15,20-21,27,29,37H,16-19,22-24H2,1-10H3,(H,38,39,42)/t27-,29+/m0/s1. The third-order valence-corrected chi connectivity index (χ3v) is 7.17. The molecular weight excluding hydrogens is 598 g/mol. The number of aromatic nitrogens is 1. The summed E-state index contributed by atoms with van der Waals surface area (Å²) in [4.78, 5) is 46.9. The van der Waals surface area contributed by atoms with E-state index in [-0.39, 0.29) is 24.1 Å². The number of rotatable bonds is 10. The lowest BCUT2D eigenvalue weighted by Gasteiger charge is -2.28. The highest BCUT2D eigenvalue weighted by atomic mass is 16.6. The van der Waals surface area contributed by atoms with Gasteiger partial charge in [0.05, 0.1) is 0 Å². The Morgan fingerprint density at radius 2 is 1.51 bits per heavy atom. The van der Waals surface area contributed by atoms with Crippen molar-refractivity contribution in [1.29, 1.82) is 0 Å². The van der Waals surface area contributed by atoms with Crippen LogP contribution in [0.1, 0.15) is 79.1 Å². The van der Waals surface area contributed by atoms with Crippen molar-refractivity contribution in [3.8, 4) is 0 Å². The van der Waals surface area contributed by atoms with Crippen LogP contribution >= 0.6 is 0 Å². The molecule has 0 aliphatic carbocycles. The molecule has 11 nitrogen and oxygen atoms in total. The smallest absolute Gasteiger partial charge is 0.413 e. The Labute approximate surface area is 280 Å². The average molecular weight is 654 g/mol. The molecular formula is C36H55N5O6. The van der Waals surface area contributed by atoms with E-state index < -0.39 is 22.9 Å². The second-order valence-corrected chi connectivity index (χ2v) is 15.3. The second kappa shape index (κ2) is 15.8. The number of carbonyl (C=O) groups is 3. The Morgan fingerprint density at radius 3 is 2.13 bits per heavy atom. The molecule has 0 bridgehead atoms. The molecule has 1 aliphatic heterocycles. The van der Waals surface area contributed by atoms with Crippen LogP contribution in [-0.2, 0) is 27.1 Å². The zero-order valence-corrected chi connectivity index (χ0v) is 29.9. The molecule has 0 radical (unpaired) electrons. The molecule has 2 N–H and O–H groups in total. The summed E-state index contributed by atoms with van der Waals surface area (Å²) in [5.41, 5.74) is 1.01. The van der Waals surface area contributed by atoms with Gasteiger partial charge in [0.2, 0.25) is 0 Å². The monoisotopic (exact) mass is 653 g/mol. The largest absolute Gasteiger partial charge is 0.444 e. The van der Waals surface area contributed by atoms with Crippen molar-refractivity contribution in [3.05, 3.63) is 59.3 Å². The maximum atomic E-state index is 13.2. The van der Waals surface area contributed by atoms with Crippen LogP contribution in [0.3, 0.4) is 0 Å². The topological polar surface area (TPSA) is 122 Å². The summed E-state index contributed by atoms with van der Waals surface area (Å²) in [6, 6.07) is 13.8. The molecule has 2 heterocycles. The first-order valence-corrected chi connectivity index (χ1v) is 16.5. The Hall–Kier alpha value is -3.86. The number of amides is 3. The molecule has 1 aromatic heterocycles. The van der Waals surface area contributed by atoms with Crippen molar-refractivity contribution in [1.82, 2.24) is 20.1 Å². The molecule has 0 unspecified atom stereocenters. The molecule has 47 heavy (non-hydrogen) atoms. The van der Waals surface area contributed by atoms with E-state index in [0.29, 0.717) is 51.4 Å². The van der Waals surface area contributed by atoms with E-state index in [1.54, 1.807) is 36.6 Å². The minimum absolute atomic E-state index is 0.00508. The van der Waals surface area contributed by atoms with Crippen molar-refractivity contribution in [2.45, 2.75) is 105 Å². The minimum atomic E-state index is -0.634. The number of nitrogens with one attached hydrogen (secondary N) is 2. The van der Waals surface area contributed by atoms with Crippen molar-refractivity contribution in [2.24, 2.45) is 5.92 Å². The zero-order chi connectivity index (χ0) is 35.0. The Bertz CT molecular complexity index is 1350. The van der Waals surface area contributed by atoms with Crippen molar-refractivity contribution >= 4 is 24.1 Å². The van der Waals surface area contributed by atoms with E-state index >= 15 is 0 Å². The summed E-state index contributed by atoms with van der Waals surface area (Å²) in [7, 11) is 0. The van der Waals surface area contributed by atoms with Gasteiger partial charge in [0.1, 0.15) is 22.6 Å². The van der Waals surface area contributed by atoms with Crippen molar-refractivity contribution < 1.29 is 28.6 Å². The molecule has 3 amide bonds. The van der Waals surface area contributed by atoms with E-state index in [1.165, 1.54) is 0 Å². The van der Waals surface area contributed by atoms with Gasteiger partial charge in [0.25, 0.3) is 0 Å². The van der Waals surface area contributed by atoms with Crippen LogP contribution in [0.15, 0.2) is 42.5 Å². The number of nitrogens with zero attached hydrogens (tertiary/aromatic N) is 3. The number of ether oxygens (including phenoxy) is 3. The highest BCUT2D eigenvalue weighted by Crippen LogP contribution is 2.25. The Morgan fingerprint density at radius 1 is 0.872 bits per heavy atom. The fourth-order valence-corrected chi connectivity index (χ4v) is 5.28. The predicted octanol–water partition coefficient (Wildman–Crippen LogP) is 6.58. The molecule has 0 spiro atoms. The zero-order valence-electron chi connectivity index (χ0n) is 29.9. The number of carbonyl (C=O) groups excluding carboxylic acids is 3. The number of benzene rings is 1. The predicted molar refractivity (Wildman–Crippen MR) is 184 cm³/mol. The van der Waals surface area contributed by atoms with Crippen LogP contribution in [0.2, 0.25) is 0 Å². The molecule has 11 heteroatoms. The molecule has 260 valence electrons. The SMILES string of the molecule is Cc1cc(C[C@H]2CN(C(=O)OC(C)(C)C)C[C@H]2NCCN(CCc2ccccc2)C(=O)OC(C)(C)C)nc(NC(=O)OC(C)(C)C)c1. The van der Waals surface area contributed by atoms with E-state index in [9.17, 15) is 14.4 Å². The maximum Gasteiger partial charge on any atom is 0.413 e. The number of aryl methyl sites for hydroxylation is 1. The van der Waals surface area contributed by atoms with Gasteiger partial charge in [-0.1, -0.05) is 30.3 Å². The summed E-state index contributed by atoms with van der Waals surface area (Å²) in [5.74, 6) is 0.415. The van der Waals surface area contributed by atoms with Crippen LogP contribution in [0, 0.1) is 12.8 Å². The summed E-state index contributed by atoms with van der Waals surface area (Å²) >= 11 is 0. The quantitative estimate of drug-likeness (QED) is 0.276. The molecule has 3 rings (SSSR count). The van der Waals surface area contributed by atoms with Crippen molar-refractivity contribution in [3.63, 3.8) is 0 Å². The normalized spacial score (nSPS) is 16.9. The van der Waals surface area contributed by atoms with Gasteiger partial charge in [-0.05, 0) is 111 Å². The van der Waals surface area contributed by atoms with Gasteiger partial charge in [-0.15, -0.1) is 0 Å². The van der Waals surface area contributed by atoms with Gasteiger partial charge >= 0.3 is 18.3 Å². The number of hydrogen-bond donors (Lipinski definition) is 2. The molecule has 1 aliphatic rings. The van der Waals surface area contributed by atoms with Gasteiger partial charge in [0, 0.05) is 44.5 Å². The Balaban J connectivity index is 1.74. The second-order valence-electron chi connectivity index (χ2n) is 15.3. The fraction of sp³-hybridized carbons (Fsp3) is 0.611. The van der Waals surface area contributed by atoms with Gasteiger partial charge in [-0.25, -0.2) is 19.4 Å². The van der Waals surface area contributed by atoms with E-state index in [4.69, 9.17) is 19.2 Å². The lowest BCUT2D eigenvalue weighted by atomic mass is 9.97. The number of pyridine rings is 1. The van der Waals surface area contributed by atoms with Crippen LogP contribution < -0.4 is 10.6 Å². The first-order valence-electron chi connectivity index (χ1n) is 16.5. The maximum absolute atomic E-state index is 13.2.